The van der Waals surface area contributed by atoms with Gasteiger partial charge in [-0.05, 0) is 24.7 Å². The molecule has 3 saturated carbocycles. The van der Waals surface area contributed by atoms with Gasteiger partial charge in [-0.1, -0.05) is 0 Å². The molecule has 3 aliphatic rings. The number of esters is 2. The van der Waals surface area contributed by atoms with Gasteiger partial charge in [-0.2, -0.15) is 13.1 Å². The normalized spacial score (nSPS) is 33.8. The summed E-state index contributed by atoms with van der Waals surface area (Å²) in [6.07, 6.45) is 1.43. The van der Waals surface area contributed by atoms with Crippen LogP contribution in [0.5, 0.6) is 0 Å². The zero-order chi connectivity index (χ0) is 17.5. The molecule has 0 aromatic heterocycles. The fraction of sp³-hybridized carbons (Fsp3) is 0.769. The number of carbonyl (C=O) groups excluding carboxylic acids is 3. The van der Waals surface area contributed by atoms with Crippen LogP contribution in [-0.4, -0.2) is 35.7 Å². The zero-order valence-electron chi connectivity index (χ0n) is 12.1. The Balaban J connectivity index is 1.47. The van der Waals surface area contributed by atoms with Crippen LogP contribution in [0.15, 0.2) is 0 Å². The van der Waals surface area contributed by atoms with Gasteiger partial charge in [-0.25, -0.2) is 9.59 Å². The monoisotopic (exact) mass is 367 g/mol. The van der Waals surface area contributed by atoms with Crippen LogP contribution in [0.1, 0.15) is 19.3 Å². The smallest absolute Gasteiger partial charge is 0.415 e. The highest BCUT2D eigenvalue weighted by atomic mass is 32.2. The summed E-state index contributed by atoms with van der Waals surface area (Å²) >= 11 is -0.841. The van der Waals surface area contributed by atoms with Gasteiger partial charge < -0.3 is 14.7 Å². The predicted octanol–water partition coefficient (Wildman–Crippen LogP) is 0.151. The van der Waals surface area contributed by atoms with Crippen molar-refractivity contribution in [1.29, 1.82) is 0 Å². The molecule has 0 heterocycles. The molecule has 8 nitrogen and oxygen atoms in total. The maximum absolute atomic E-state index is 13.1. The van der Waals surface area contributed by atoms with Crippen LogP contribution < -0.4 is 5.26 Å². The summed E-state index contributed by atoms with van der Waals surface area (Å²) < 4.78 is 39.0. The van der Waals surface area contributed by atoms with Crippen molar-refractivity contribution in [3.63, 3.8) is 0 Å². The molecule has 0 aromatic carbocycles. The lowest BCUT2D eigenvalue weighted by Crippen LogP contribution is -2.34. The highest BCUT2D eigenvalue weighted by Crippen LogP contribution is 2.59. The van der Waals surface area contributed by atoms with Gasteiger partial charge in [0.05, 0.1) is 0 Å². The highest BCUT2D eigenvalue weighted by Gasteiger charge is 2.60. The molecule has 3 fully saturated rings. The Morgan fingerprint density at radius 3 is 2.75 bits per heavy atom. The number of carbonyl (C=O) groups is 3. The fourth-order valence-electron chi connectivity index (χ4n) is 4.14. The molecule has 5 atom stereocenters. The molecule has 0 radical (unpaired) electrons. The standard InChI is InChI=1S/C13H14F2O8S/c14-13(15,24-23-22-19)12(18)20-4-10(17)21-11-5-1-6-7(2-5)9(16)3-8(6)11/h5-8,11,19H,1-4H2/p-1. The van der Waals surface area contributed by atoms with Gasteiger partial charge in [-0.3, -0.25) is 9.83 Å². The van der Waals surface area contributed by atoms with Gasteiger partial charge in [0.1, 0.15) is 23.9 Å². The molecule has 0 aromatic rings. The summed E-state index contributed by atoms with van der Waals surface area (Å²) in [5, 5.41) is 7.99. The second kappa shape index (κ2) is 6.54. The Hall–Kier alpha value is -1.30. The van der Waals surface area contributed by atoms with E-state index in [2.05, 4.69) is 14.1 Å². The van der Waals surface area contributed by atoms with Crippen molar-refractivity contribution >= 4 is 29.8 Å². The number of ether oxygens (including phenoxy) is 2. The molecule has 3 rings (SSSR count). The third kappa shape index (κ3) is 3.13. The molecule has 5 unspecified atom stereocenters. The number of hydrogen-bond donors (Lipinski definition) is 0. The summed E-state index contributed by atoms with van der Waals surface area (Å²) in [5.74, 6) is -2.48. The molecular weight excluding hydrogens is 354 g/mol. The Kier molecular flexibility index (Phi) is 4.78. The van der Waals surface area contributed by atoms with Gasteiger partial charge in [-0.15, -0.1) is 0 Å². The summed E-state index contributed by atoms with van der Waals surface area (Å²) in [5.41, 5.74) is 0. The molecule has 0 spiro atoms. The zero-order valence-corrected chi connectivity index (χ0v) is 13.0. The number of Topliss-reactive ketones (excluding diaryl/α,β-unsaturated/α-hetero) is 1. The maximum Gasteiger partial charge on any atom is 0.415 e. The van der Waals surface area contributed by atoms with E-state index >= 15 is 0 Å². The fourth-order valence-corrected chi connectivity index (χ4v) is 4.38. The number of ketones is 1. The van der Waals surface area contributed by atoms with Crippen molar-refractivity contribution in [2.45, 2.75) is 30.6 Å². The summed E-state index contributed by atoms with van der Waals surface area (Å²) in [6, 6.07) is 0. The van der Waals surface area contributed by atoms with Crippen LogP contribution in [0, 0.1) is 23.7 Å². The summed E-state index contributed by atoms with van der Waals surface area (Å²) in [7, 11) is 0. The summed E-state index contributed by atoms with van der Waals surface area (Å²) in [6.45, 7) is -0.995. The molecule has 134 valence electrons. The predicted molar refractivity (Wildman–Crippen MR) is 68.4 cm³/mol. The largest absolute Gasteiger partial charge is 0.691 e. The molecule has 24 heavy (non-hydrogen) atoms. The minimum Gasteiger partial charge on any atom is -0.691 e. The minimum absolute atomic E-state index is 0.0273. The second-order valence-electron chi connectivity index (χ2n) is 6.10. The topological polar surface area (TPSA) is 111 Å². The van der Waals surface area contributed by atoms with Gasteiger partial charge in [0, 0.05) is 18.3 Å². The lowest BCUT2D eigenvalue weighted by Gasteiger charge is -2.27. The van der Waals surface area contributed by atoms with Crippen LogP contribution in [0.25, 0.3) is 0 Å². The number of alkyl halides is 2. The van der Waals surface area contributed by atoms with E-state index in [1.165, 1.54) is 0 Å². The molecule has 0 amide bonds. The van der Waals surface area contributed by atoms with Crippen molar-refractivity contribution in [2.75, 3.05) is 6.61 Å². The third-order valence-electron chi connectivity index (χ3n) is 4.93. The number of fused-ring (bicyclic) bond motifs is 1. The van der Waals surface area contributed by atoms with Crippen molar-refractivity contribution in [1.82, 2.24) is 0 Å². The number of rotatable bonds is 7. The van der Waals surface area contributed by atoms with Gasteiger partial charge in [0.15, 0.2) is 6.61 Å². The van der Waals surface area contributed by atoms with E-state index in [1.54, 1.807) is 0 Å². The van der Waals surface area contributed by atoms with E-state index in [4.69, 9.17) is 4.74 Å². The first-order valence-electron chi connectivity index (χ1n) is 7.25. The van der Waals surface area contributed by atoms with Crippen LogP contribution in [0.3, 0.4) is 0 Å². The first-order valence-corrected chi connectivity index (χ1v) is 7.99. The van der Waals surface area contributed by atoms with Crippen LogP contribution in [0.4, 0.5) is 8.78 Å². The molecule has 3 aliphatic carbocycles. The van der Waals surface area contributed by atoms with Crippen molar-refractivity contribution < 1.29 is 47.3 Å². The Bertz CT molecular complexity index is 556. The van der Waals surface area contributed by atoms with Crippen LogP contribution >= 0.6 is 12.0 Å². The highest BCUT2D eigenvalue weighted by molar-refractivity contribution is 7.96. The van der Waals surface area contributed by atoms with E-state index in [0.29, 0.717) is 12.8 Å². The Morgan fingerprint density at radius 1 is 1.29 bits per heavy atom. The van der Waals surface area contributed by atoms with Gasteiger partial charge in [0.25, 0.3) is 0 Å². The molecule has 0 aliphatic heterocycles. The first kappa shape index (κ1) is 17.5. The SMILES string of the molecule is O=C(COC(=O)C(F)(F)SOO[O-])OC1C2CC3C(=O)CC1C3C2. The van der Waals surface area contributed by atoms with E-state index in [0.717, 1.165) is 6.42 Å². The first-order chi connectivity index (χ1) is 11.3. The lowest BCUT2D eigenvalue weighted by atomic mass is 9.86. The lowest BCUT2D eigenvalue weighted by molar-refractivity contribution is -0.777. The maximum atomic E-state index is 13.1. The Labute approximate surface area is 138 Å². The van der Waals surface area contributed by atoms with Gasteiger partial charge in [0.2, 0.25) is 0 Å². The number of halogens is 2. The number of hydrogen-bond acceptors (Lipinski definition) is 9. The van der Waals surface area contributed by atoms with Gasteiger partial charge >= 0.3 is 17.2 Å². The van der Waals surface area contributed by atoms with Crippen LogP contribution in [-0.2, 0) is 33.2 Å². The molecule has 2 bridgehead atoms. The third-order valence-corrected chi connectivity index (χ3v) is 5.43. The molecule has 0 saturated heterocycles. The second-order valence-corrected chi connectivity index (χ2v) is 6.92. The average molecular weight is 367 g/mol. The van der Waals surface area contributed by atoms with Crippen molar-refractivity contribution in [3.05, 3.63) is 0 Å². The molecular formula is C13H13F2O8S-. The van der Waals surface area contributed by atoms with Crippen molar-refractivity contribution in [3.8, 4) is 0 Å². The minimum atomic E-state index is -4.21. The van der Waals surface area contributed by atoms with Crippen LogP contribution in [0.2, 0.25) is 0 Å². The van der Waals surface area contributed by atoms with Crippen molar-refractivity contribution in [2.24, 2.45) is 23.7 Å². The quantitative estimate of drug-likeness (QED) is 0.269. The van der Waals surface area contributed by atoms with E-state index in [1.807, 2.05) is 0 Å². The molecule has 11 heteroatoms. The average Bonchev–Trinajstić information content (AvgIpc) is 3.15. The van der Waals surface area contributed by atoms with E-state index in [-0.39, 0.29) is 29.5 Å². The Morgan fingerprint density at radius 2 is 2.04 bits per heavy atom. The molecule has 0 N–H and O–H groups in total. The summed E-state index contributed by atoms with van der Waals surface area (Å²) in [4.78, 5) is 34.7. The van der Waals surface area contributed by atoms with E-state index < -0.39 is 41.9 Å². The van der Waals surface area contributed by atoms with E-state index in [9.17, 15) is 28.4 Å².